The maximum atomic E-state index is 13.1. The van der Waals surface area contributed by atoms with E-state index in [9.17, 15) is 26.4 Å². The molecule has 3 rings (SSSR count). The summed E-state index contributed by atoms with van der Waals surface area (Å²) >= 11 is 0. The second kappa shape index (κ2) is 9.70. The topological polar surface area (TPSA) is 75.7 Å². The van der Waals surface area contributed by atoms with Crippen LogP contribution in [0, 0.1) is 0 Å². The summed E-state index contributed by atoms with van der Waals surface area (Å²) in [5.41, 5.74) is -1.26. The largest absolute Gasteiger partial charge is 0.491 e. The van der Waals surface area contributed by atoms with E-state index in [4.69, 9.17) is 4.74 Å². The third-order valence-electron chi connectivity index (χ3n) is 4.92. The molecule has 10 heteroatoms. The molecule has 3 aromatic rings. The maximum Gasteiger partial charge on any atom is 0.416 e. The molecule has 3 aromatic carbocycles. The molecule has 6 nitrogen and oxygen atoms in total. The van der Waals surface area contributed by atoms with Crippen LogP contribution in [0.25, 0.3) is 10.8 Å². The van der Waals surface area contributed by atoms with Crippen LogP contribution in [0.3, 0.4) is 0 Å². The Balaban J connectivity index is 1.68. The van der Waals surface area contributed by atoms with Gasteiger partial charge in [0.2, 0.25) is 15.9 Å². The van der Waals surface area contributed by atoms with Crippen LogP contribution in [0.1, 0.15) is 12.5 Å². The molecular weight excluding hydrogens is 457 g/mol. The zero-order chi connectivity index (χ0) is 24.2. The molecule has 0 heterocycles. The van der Waals surface area contributed by atoms with Gasteiger partial charge in [0.05, 0.1) is 24.1 Å². The fourth-order valence-electron chi connectivity index (χ4n) is 3.43. The van der Waals surface area contributed by atoms with Gasteiger partial charge in [-0.25, -0.2) is 8.42 Å². The van der Waals surface area contributed by atoms with Crippen molar-refractivity contribution in [2.24, 2.45) is 0 Å². The molecule has 33 heavy (non-hydrogen) atoms. The fourth-order valence-corrected chi connectivity index (χ4v) is 4.60. The molecular formula is C23H23F3N2O4S. The summed E-state index contributed by atoms with van der Waals surface area (Å²) in [4.78, 5) is 12.6. The molecule has 0 saturated carbocycles. The van der Waals surface area contributed by atoms with Gasteiger partial charge in [-0.3, -0.25) is 9.10 Å². The van der Waals surface area contributed by atoms with Crippen molar-refractivity contribution in [2.45, 2.75) is 19.1 Å². The molecule has 0 radical (unpaired) electrons. The summed E-state index contributed by atoms with van der Waals surface area (Å²) < 4.78 is 70.3. The fraction of sp³-hybridized carbons (Fsp3) is 0.261. The van der Waals surface area contributed by atoms with Crippen molar-refractivity contribution in [3.63, 3.8) is 0 Å². The number of amides is 1. The standard InChI is InChI=1S/C23H23F3N2O4S/c1-16(28(33(2,30)31)19-10-6-9-18(15-19)23(24,25)26)22(29)27-13-14-32-21-12-5-8-17-7-3-4-11-20(17)21/h3-12,15-16H,13-14H2,1-2H3,(H,27,29)/t16-/m1/s1. The first-order valence-corrected chi connectivity index (χ1v) is 11.9. The number of nitrogens with zero attached hydrogens (tertiary/aromatic N) is 1. The first kappa shape index (κ1) is 24.4. The second-order valence-corrected chi connectivity index (χ2v) is 9.26. The third kappa shape index (κ3) is 5.95. The lowest BCUT2D eigenvalue weighted by Gasteiger charge is -2.28. The average Bonchev–Trinajstić information content (AvgIpc) is 2.75. The van der Waals surface area contributed by atoms with Gasteiger partial charge in [0.15, 0.2) is 0 Å². The number of ether oxygens (including phenoxy) is 1. The van der Waals surface area contributed by atoms with Gasteiger partial charge in [-0.2, -0.15) is 13.2 Å². The smallest absolute Gasteiger partial charge is 0.416 e. The molecule has 0 aliphatic carbocycles. The van der Waals surface area contributed by atoms with Gasteiger partial charge in [-0.1, -0.05) is 42.5 Å². The van der Waals surface area contributed by atoms with Crippen LogP contribution in [-0.4, -0.2) is 39.8 Å². The lowest BCUT2D eigenvalue weighted by Crippen LogP contribution is -2.48. The molecule has 0 bridgehead atoms. The Morgan fingerprint density at radius 2 is 1.73 bits per heavy atom. The summed E-state index contributed by atoms with van der Waals surface area (Å²) in [5, 5.41) is 4.48. The highest BCUT2D eigenvalue weighted by Gasteiger charge is 2.34. The highest BCUT2D eigenvalue weighted by atomic mass is 32.2. The van der Waals surface area contributed by atoms with Crippen LogP contribution in [0.4, 0.5) is 18.9 Å². The van der Waals surface area contributed by atoms with Crippen LogP contribution in [0.15, 0.2) is 66.7 Å². The minimum atomic E-state index is -4.65. The number of hydrogen-bond donors (Lipinski definition) is 1. The molecule has 1 N–H and O–H groups in total. The predicted octanol–water partition coefficient (Wildman–Crippen LogP) is 4.21. The SMILES string of the molecule is C[C@H](C(=O)NCCOc1cccc2ccccc12)N(c1cccc(C(F)(F)F)c1)S(C)(=O)=O. The van der Waals surface area contributed by atoms with Gasteiger partial charge in [0.25, 0.3) is 0 Å². The molecule has 0 unspecified atom stereocenters. The van der Waals surface area contributed by atoms with E-state index in [0.29, 0.717) is 16.1 Å². The number of rotatable bonds is 8. The lowest BCUT2D eigenvalue weighted by molar-refractivity contribution is -0.137. The summed E-state index contributed by atoms with van der Waals surface area (Å²) in [6.07, 6.45) is -3.82. The predicted molar refractivity (Wildman–Crippen MR) is 121 cm³/mol. The molecule has 176 valence electrons. The van der Waals surface area contributed by atoms with E-state index in [1.54, 1.807) is 6.07 Å². The minimum Gasteiger partial charge on any atom is -0.491 e. The molecule has 0 aromatic heterocycles. The average molecular weight is 481 g/mol. The Kier molecular flexibility index (Phi) is 7.16. The van der Waals surface area contributed by atoms with E-state index in [1.165, 1.54) is 13.0 Å². The van der Waals surface area contributed by atoms with Crippen LogP contribution in [-0.2, 0) is 21.0 Å². The molecule has 0 aliphatic rings. The molecule has 0 saturated heterocycles. The number of carbonyl (C=O) groups is 1. The summed E-state index contributed by atoms with van der Waals surface area (Å²) in [6, 6.07) is 15.8. The van der Waals surface area contributed by atoms with Gasteiger partial charge >= 0.3 is 6.18 Å². The minimum absolute atomic E-state index is 0.0760. The number of benzene rings is 3. The van der Waals surface area contributed by atoms with E-state index in [0.717, 1.165) is 29.2 Å². The van der Waals surface area contributed by atoms with Gasteiger partial charge < -0.3 is 10.1 Å². The number of hydrogen-bond acceptors (Lipinski definition) is 4. The number of fused-ring (bicyclic) bond motifs is 1. The summed E-state index contributed by atoms with van der Waals surface area (Å²) in [5.74, 6) is -0.0310. The van der Waals surface area contributed by atoms with E-state index in [1.807, 2.05) is 36.4 Å². The lowest BCUT2D eigenvalue weighted by atomic mass is 10.1. The molecule has 1 amide bonds. The van der Waals surface area contributed by atoms with Gasteiger partial charge in [-0.15, -0.1) is 0 Å². The maximum absolute atomic E-state index is 13.1. The summed E-state index contributed by atoms with van der Waals surface area (Å²) in [6.45, 7) is 1.50. The van der Waals surface area contributed by atoms with Crippen molar-refractivity contribution in [1.29, 1.82) is 0 Å². The Bertz CT molecular complexity index is 1240. The Labute approximate surface area is 190 Å². The quantitative estimate of drug-likeness (QED) is 0.490. The number of alkyl halides is 3. The first-order valence-electron chi connectivity index (χ1n) is 10.0. The highest BCUT2D eigenvalue weighted by Crippen LogP contribution is 2.33. The number of sulfonamides is 1. The molecule has 0 aliphatic heterocycles. The van der Waals surface area contributed by atoms with E-state index >= 15 is 0 Å². The Morgan fingerprint density at radius 3 is 2.42 bits per heavy atom. The highest BCUT2D eigenvalue weighted by molar-refractivity contribution is 7.92. The zero-order valence-electron chi connectivity index (χ0n) is 18.0. The van der Waals surface area contributed by atoms with E-state index < -0.39 is 33.7 Å². The van der Waals surface area contributed by atoms with Crippen molar-refractivity contribution in [2.75, 3.05) is 23.7 Å². The molecule has 0 spiro atoms. The Hall–Kier alpha value is -3.27. The number of anilines is 1. The monoisotopic (exact) mass is 480 g/mol. The molecule has 1 atom stereocenters. The zero-order valence-corrected chi connectivity index (χ0v) is 18.8. The van der Waals surface area contributed by atoms with Gasteiger partial charge in [-0.05, 0) is 36.6 Å². The van der Waals surface area contributed by atoms with Crippen molar-refractivity contribution in [3.05, 3.63) is 72.3 Å². The van der Waals surface area contributed by atoms with Crippen LogP contribution < -0.4 is 14.4 Å². The number of nitrogens with one attached hydrogen (secondary N) is 1. The Morgan fingerprint density at radius 1 is 1.06 bits per heavy atom. The van der Waals surface area contributed by atoms with Gasteiger partial charge in [0.1, 0.15) is 18.4 Å². The van der Waals surface area contributed by atoms with Crippen molar-refractivity contribution in [3.8, 4) is 5.75 Å². The van der Waals surface area contributed by atoms with Crippen LogP contribution >= 0.6 is 0 Å². The second-order valence-electron chi connectivity index (χ2n) is 7.40. The van der Waals surface area contributed by atoms with Crippen molar-refractivity contribution < 1.29 is 31.1 Å². The normalized spacial score (nSPS) is 12.9. The number of carbonyl (C=O) groups excluding carboxylic acids is 1. The van der Waals surface area contributed by atoms with E-state index in [-0.39, 0.29) is 18.8 Å². The first-order chi connectivity index (χ1) is 15.5. The van der Waals surface area contributed by atoms with Crippen molar-refractivity contribution >= 4 is 32.4 Å². The molecule has 0 fully saturated rings. The van der Waals surface area contributed by atoms with Gasteiger partial charge in [0, 0.05) is 5.39 Å². The summed E-state index contributed by atoms with van der Waals surface area (Å²) in [7, 11) is -4.05. The van der Waals surface area contributed by atoms with E-state index in [2.05, 4.69) is 5.32 Å². The number of halogens is 3. The van der Waals surface area contributed by atoms with Crippen molar-refractivity contribution in [1.82, 2.24) is 5.32 Å². The van der Waals surface area contributed by atoms with Crippen LogP contribution in [0.5, 0.6) is 5.75 Å². The van der Waals surface area contributed by atoms with Crippen LogP contribution in [0.2, 0.25) is 0 Å². The third-order valence-corrected chi connectivity index (χ3v) is 6.17.